The molecule has 0 fully saturated rings. The molecule has 5 nitrogen and oxygen atoms in total. The Labute approximate surface area is 129 Å². The number of carboxylic acid groups (broad SMARTS) is 1. The van der Waals surface area contributed by atoms with E-state index >= 15 is 0 Å². The number of para-hydroxylation sites is 1. The molecule has 0 aromatic heterocycles. The number of rotatable bonds is 7. The highest BCUT2D eigenvalue weighted by molar-refractivity contribution is 5.84. The molecule has 0 spiro atoms. The minimum absolute atomic E-state index is 0.00312. The summed E-state index contributed by atoms with van der Waals surface area (Å²) >= 11 is 0. The molecule has 5 heteroatoms. The Morgan fingerprint density at radius 2 is 1.50 bits per heavy atom. The van der Waals surface area contributed by atoms with Crippen molar-refractivity contribution in [2.45, 2.75) is 6.54 Å². The zero-order valence-electron chi connectivity index (χ0n) is 12.1. The molecule has 0 aliphatic carbocycles. The van der Waals surface area contributed by atoms with E-state index < -0.39 is 5.97 Å². The van der Waals surface area contributed by atoms with Crippen molar-refractivity contribution in [3.8, 4) is 0 Å². The van der Waals surface area contributed by atoms with E-state index in [1.165, 1.54) is 4.90 Å². The lowest BCUT2D eigenvalue weighted by atomic mass is 10.2. The molecular formula is C17H18N2O3. The molecule has 0 atom stereocenters. The average molecular weight is 298 g/mol. The first-order chi connectivity index (χ1) is 10.6. The maximum absolute atomic E-state index is 12.0. The Hall–Kier alpha value is -2.82. The van der Waals surface area contributed by atoms with Crippen molar-refractivity contribution in [1.82, 2.24) is 5.32 Å². The summed E-state index contributed by atoms with van der Waals surface area (Å²) in [7, 11) is 0. The maximum Gasteiger partial charge on any atom is 0.323 e. The predicted molar refractivity (Wildman–Crippen MR) is 84.6 cm³/mol. The van der Waals surface area contributed by atoms with Crippen LogP contribution in [0.1, 0.15) is 5.56 Å². The zero-order valence-corrected chi connectivity index (χ0v) is 12.1. The molecule has 1 amide bonds. The fourth-order valence-electron chi connectivity index (χ4n) is 2.07. The van der Waals surface area contributed by atoms with Gasteiger partial charge < -0.3 is 15.3 Å². The molecule has 0 aliphatic rings. The molecule has 0 saturated carbocycles. The van der Waals surface area contributed by atoms with Crippen LogP contribution in [-0.2, 0) is 16.1 Å². The van der Waals surface area contributed by atoms with Crippen LogP contribution in [0.25, 0.3) is 0 Å². The van der Waals surface area contributed by atoms with Crippen LogP contribution < -0.4 is 10.2 Å². The lowest BCUT2D eigenvalue weighted by Gasteiger charge is -2.22. The number of benzene rings is 2. The summed E-state index contributed by atoms with van der Waals surface area (Å²) in [5, 5.41) is 11.8. The van der Waals surface area contributed by atoms with Crippen molar-refractivity contribution in [3.05, 3.63) is 66.2 Å². The molecule has 2 aromatic carbocycles. The van der Waals surface area contributed by atoms with Gasteiger partial charge in [-0.1, -0.05) is 48.5 Å². The monoisotopic (exact) mass is 298 g/mol. The van der Waals surface area contributed by atoms with Crippen LogP contribution in [0.15, 0.2) is 60.7 Å². The first-order valence-electron chi connectivity index (χ1n) is 6.97. The second kappa shape index (κ2) is 7.83. The number of nitrogens with one attached hydrogen (secondary N) is 1. The van der Waals surface area contributed by atoms with Crippen LogP contribution in [0, 0.1) is 0 Å². The Morgan fingerprint density at radius 3 is 2.09 bits per heavy atom. The number of hydrogen-bond donors (Lipinski definition) is 2. The fraction of sp³-hybridized carbons (Fsp3) is 0.176. The van der Waals surface area contributed by atoms with Gasteiger partial charge in [-0.3, -0.25) is 9.59 Å². The van der Waals surface area contributed by atoms with Crippen LogP contribution >= 0.6 is 0 Å². The van der Waals surface area contributed by atoms with Crippen LogP contribution in [0.3, 0.4) is 0 Å². The Kier molecular flexibility index (Phi) is 5.54. The van der Waals surface area contributed by atoms with E-state index in [9.17, 15) is 9.59 Å². The molecule has 2 aromatic rings. The minimum Gasteiger partial charge on any atom is -0.480 e. The number of carboxylic acids is 1. The molecular weight excluding hydrogens is 280 g/mol. The Bertz CT molecular complexity index is 614. The van der Waals surface area contributed by atoms with E-state index in [4.69, 9.17) is 5.11 Å². The van der Waals surface area contributed by atoms with Gasteiger partial charge >= 0.3 is 5.97 Å². The van der Waals surface area contributed by atoms with Crippen molar-refractivity contribution in [1.29, 1.82) is 0 Å². The normalized spacial score (nSPS) is 10.0. The van der Waals surface area contributed by atoms with Gasteiger partial charge in [0.15, 0.2) is 0 Å². The molecule has 0 unspecified atom stereocenters. The highest BCUT2D eigenvalue weighted by Gasteiger charge is 2.14. The standard InChI is InChI=1S/C17H18N2O3/c20-16(18-11-14-7-3-1-4-8-14)12-19(13-17(21)22)15-9-5-2-6-10-15/h1-10H,11-13H2,(H,18,20)(H,21,22). The van der Waals surface area contributed by atoms with Crippen molar-refractivity contribution >= 4 is 17.6 Å². The van der Waals surface area contributed by atoms with E-state index in [1.807, 2.05) is 48.5 Å². The first kappa shape index (κ1) is 15.6. The van der Waals surface area contributed by atoms with E-state index in [0.29, 0.717) is 12.2 Å². The molecule has 2 rings (SSSR count). The number of hydrogen-bond acceptors (Lipinski definition) is 3. The van der Waals surface area contributed by atoms with Crippen LogP contribution in [-0.4, -0.2) is 30.1 Å². The highest BCUT2D eigenvalue weighted by atomic mass is 16.4. The predicted octanol–water partition coefficient (Wildman–Crippen LogP) is 1.89. The summed E-state index contributed by atoms with van der Waals surface area (Å²) in [5.41, 5.74) is 1.71. The molecule has 114 valence electrons. The van der Waals surface area contributed by atoms with Gasteiger partial charge in [0.05, 0.1) is 6.54 Å². The van der Waals surface area contributed by atoms with Gasteiger partial charge in [0.25, 0.3) is 0 Å². The highest BCUT2D eigenvalue weighted by Crippen LogP contribution is 2.12. The van der Waals surface area contributed by atoms with Crippen LogP contribution in [0.4, 0.5) is 5.69 Å². The second-order valence-corrected chi connectivity index (χ2v) is 4.85. The number of carbonyl (C=O) groups excluding carboxylic acids is 1. The second-order valence-electron chi connectivity index (χ2n) is 4.85. The van der Waals surface area contributed by atoms with E-state index in [-0.39, 0.29) is 19.0 Å². The third kappa shape index (κ3) is 4.94. The van der Waals surface area contributed by atoms with Gasteiger partial charge in [0.2, 0.25) is 5.91 Å². The van der Waals surface area contributed by atoms with E-state index in [2.05, 4.69) is 5.32 Å². The van der Waals surface area contributed by atoms with Crippen molar-refractivity contribution in [3.63, 3.8) is 0 Å². The first-order valence-corrected chi connectivity index (χ1v) is 6.97. The smallest absolute Gasteiger partial charge is 0.323 e. The molecule has 0 heterocycles. The number of amides is 1. The molecule has 0 bridgehead atoms. The summed E-state index contributed by atoms with van der Waals surface area (Å²) in [6.45, 7) is 0.210. The minimum atomic E-state index is -0.972. The number of anilines is 1. The van der Waals surface area contributed by atoms with E-state index in [0.717, 1.165) is 5.56 Å². The van der Waals surface area contributed by atoms with E-state index in [1.54, 1.807) is 12.1 Å². The van der Waals surface area contributed by atoms with Gasteiger partial charge in [0, 0.05) is 12.2 Å². The van der Waals surface area contributed by atoms with Gasteiger partial charge in [-0.05, 0) is 17.7 Å². The van der Waals surface area contributed by atoms with Gasteiger partial charge in [0.1, 0.15) is 6.54 Å². The molecule has 0 radical (unpaired) electrons. The SMILES string of the molecule is O=C(O)CN(CC(=O)NCc1ccccc1)c1ccccc1. The van der Waals surface area contributed by atoms with Crippen molar-refractivity contribution < 1.29 is 14.7 Å². The largest absolute Gasteiger partial charge is 0.480 e. The van der Waals surface area contributed by atoms with Gasteiger partial charge in [-0.25, -0.2) is 0 Å². The van der Waals surface area contributed by atoms with Crippen molar-refractivity contribution in [2.24, 2.45) is 0 Å². The summed E-state index contributed by atoms with van der Waals surface area (Å²) in [6.07, 6.45) is 0. The average Bonchev–Trinajstić information content (AvgIpc) is 2.54. The molecule has 0 aliphatic heterocycles. The van der Waals surface area contributed by atoms with Gasteiger partial charge in [-0.15, -0.1) is 0 Å². The third-order valence-electron chi connectivity index (χ3n) is 3.11. The lowest BCUT2D eigenvalue weighted by molar-refractivity contribution is -0.135. The summed E-state index contributed by atoms with van der Waals surface area (Å²) in [4.78, 5) is 24.5. The number of carbonyl (C=O) groups is 2. The number of nitrogens with zero attached hydrogens (tertiary/aromatic N) is 1. The topological polar surface area (TPSA) is 69.6 Å². The lowest BCUT2D eigenvalue weighted by Crippen LogP contribution is -2.39. The Morgan fingerprint density at radius 1 is 0.909 bits per heavy atom. The van der Waals surface area contributed by atoms with Crippen LogP contribution in [0.2, 0.25) is 0 Å². The summed E-state index contributed by atoms with van der Waals surface area (Å²) in [6, 6.07) is 18.6. The summed E-state index contributed by atoms with van der Waals surface area (Å²) < 4.78 is 0. The summed E-state index contributed by atoms with van der Waals surface area (Å²) in [5.74, 6) is -1.19. The number of aliphatic carboxylic acids is 1. The molecule has 22 heavy (non-hydrogen) atoms. The van der Waals surface area contributed by atoms with Crippen LogP contribution in [0.5, 0.6) is 0 Å². The van der Waals surface area contributed by atoms with Gasteiger partial charge in [-0.2, -0.15) is 0 Å². The maximum atomic E-state index is 12.0. The van der Waals surface area contributed by atoms with Crippen molar-refractivity contribution in [2.75, 3.05) is 18.0 Å². The quantitative estimate of drug-likeness (QED) is 0.819. The Balaban J connectivity index is 1.95. The zero-order chi connectivity index (χ0) is 15.8. The third-order valence-corrected chi connectivity index (χ3v) is 3.11. The fourth-order valence-corrected chi connectivity index (χ4v) is 2.07. The molecule has 0 saturated heterocycles. The molecule has 2 N–H and O–H groups in total.